The molecule has 20 heavy (non-hydrogen) atoms. The summed E-state index contributed by atoms with van der Waals surface area (Å²) in [6, 6.07) is 14.7. The molecule has 0 aliphatic heterocycles. The van der Waals surface area contributed by atoms with Crippen molar-refractivity contribution in [2.45, 2.75) is 6.61 Å². The van der Waals surface area contributed by atoms with E-state index in [2.05, 4.69) is 4.98 Å². The number of nitrogens with zero attached hydrogens (tertiary/aromatic N) is 2. The van der Waals surface area contributed by atoms with Crippen molar-refractivity contribution < 1.29 is 4.84 Å². The predicted molar refractivity (Wildman–Crippen MR) is 77.1 cm³/mol. The van der Waals surface area contributed by atoms with E-state index in [0.717, 1.165) is 10.3 Å². The second-order valence-electron chi connectivity index (χ2n) is 4.41. The molecule has 3 rings (SSSR count). The Kier molecular flexibility index (Phi) is 3.09. The number of aromatic nitrogens is 2. The third kappa shape index (κ3) is 2.33. The molecule has 1 heterocycles. The SMILES string of the molecule is Nc1ccc2ncn(OCc3ccccc3)c(=O)c2c1. The summed E-state index contributed by atoms with van der Waals surface area (Å²) in [4.78, 5) is 21.9. The Hall–Kier alpha value is -2.82. The van der Waals surface area contributed by atoms with E-state index >= 15 is 0 Å². The van der Waals surface area contributed by atoms with Gasteiger partial charge in [0.2, 0.25) is 0 Å². The van der Waals surface area contributed by atoms with Crippen molar-refractivity contribution in [1.29, 1.82) is 0 Å². The fourth-order valence-corrected chi connectivity index (χ4v) is 1.93. The lowest BCUT2D eigenvalue weighted by atomic mass is 10.2. The lowest BCUT2D eigenvalue weighted by Crippen LogP contribution is -2.27. The first-order valence-corrected chi connectivity index (χ1v) is 6.18. The first-order chi connectivity index (χ1) is 9.74. The minimum Gasteiger partial charge on any atom is -0.405 e. The van der Waals surface area contributed by atoms with Crippen LogP contribution in [-0.2, 0) is 6.61 Å². The number of rotatable bonds is 3. The zero-order valence-electron chi connectivity index (χ0n) is 10.7. The van der Waals surface area contributed by atoms with Crippen LogP contribution in [0.3, 0.4) is 0 Å². The molecular weight excluding hydrogens is 254 g/mol. The predicted octanol–water partition coefficient (Wildman–Crippen LogP) is 1.61. The maximum atomic E-state index is 12.2. The topological polar surface area (TPSA) is 70.1 Å². The minimum atomic E-state index is -0.266. The molecule has 0 saturated carbocycles. The van der Waals surface area contributed by atoms with Crippen LogP contribution in [0.2, 0.25) is 0 Å². The third-order valence-electron chi connectivity index (χ3n) is 2.97. The summed E-state index contributed by atoms with van der Waals surface area (Å²) in [5.74, 6) is 0. The molecule has 0 aliphatic rings. The number of nitrogen functional groups attached to an aromatic ring is 1. The molecule has 0 bridgehead atoms. The molecule has 0 fully saturated rings. The molecule has 1 aromatic heterocycles. The van der Waals surface area contributed by atoms with Gasteiger partial charge in [0, 0.05) is 5.69 Å². The molecule has 5 heteroatoms. The van der Waals surface area contributed by atoms with Gasteiger partial charge in [0.25, 0.3) is 5.56 Å². The van der Waals surface area contributed by atoms with Crippen LogP contribution in [0.1, 0.15) is 5.56 Å². The first-order valence-electron chi connectivity index (χ1n) is 6.18. The van der Waals surface area contributed by atoms with Crippen LogP contribution < -0.4 is 16.1 Å². The van der Waals surface area contributed by atoms with Crippen molar-refractivity contribution in [3.05, 3.63) is 70.8 Å². The summed E-state index contributed by atoms with van der Waals surface area (Å²) in [5.41, 5.74) is 7.53. The van der Waals surface area contributed by atoms with E-state index in [1.165, 1.54) is 6.33 Å². The second-order valence-corrected chi connectivity index (χ2v) is 4.41. The second kappa shape index (κ2) is 5.05. The Labute approximate surface area is 115 Å². The normalized spacial score (nSPS) is 10.6. The van der Waals surface area contributed by atoms with Gasteiger partial charge in [0.15, 0.2) is 0 Å². The number of hydrogen-bond donors (Lipinski definition) is 1. The van der Waals surface area contributed by atoms with E-state index in [1.807, 2.05) is 30.3 Å². The van der Waals surface area contributed by atoms with E-state index in [-0.39, 0.29) is 5.56 Å². The molecule has 100 valence electrons. The highest BCUT2D eigenvalue weighted by Crippen LogP contribution is 2.10. The van der Waals surface area contributed by atoms with Crippen LogP contribution in [0.4, 0.5) is 5.69 Å². The summed E-state index contributed by atoms with van der Waals surface area (Å²) in [6.45, 7) is 0.302. The summed E-state index contributed by atoms with van der Waals surface area (Å²) in [7, 11) is 0. The Morgan fingerprint density at radius 1 is 1.15 bits per heavy atom. The van der Waals surface area contributed by atoms with Crippen molar-refractivity contribution in [2.75, 3.05) is 5.73 Å². The number of nitrogens with two attached hydrogens (primary N) is 1. The monoisotopic (exact) mass is 267 g/mol. The number of hydrogen-bond acceptors (Lipinski definition) is 4. The molecule has 0 spiro atoms. The largest absolute Gasteiger partial charge is 0.405 e. The summed E-state index contributed by atoms with van der Waals surface area (Å²) < 4.78 is 1.13. The Morgan fingerprint density at radius 2 is 1.95 bits per heavy atom. The van der Waals surface area contributed by atoms with Crippen LogP contribution in [-0.4, -0.2) is 9.71 Å². The first kappa shape index (κ1) is 12.2. The molecule has 0 unspecified atom stereocenters. The number of benzene rings is 2. The van der Waals surface area contributed by atoms with Gasteiger partial charge in [-0.2, -0.15) is 0 Å². The lowest BCUT2D eigenvalue weighted by Gasteiger charge is -2.08. The van der Waals surface area contributed by atoms with E-state index in [4.69, 9.17) is 10.6 Å². The fourth-order valence-electron chi connectivity index (χ4n) is 1.93. The summed E-state index contributed by atoms with van der Waals surface area (Å²) in [5, 5.41) is 0.445. The number of anilines is 1. The van der Waals surface area contributed by atoms with Gasteiger partial charge >= 0.3 is 0 Å². The molecule has 2 N–H and O–H groups in total. The maximum absolute atomic E-state index is 12.2. The van der Waals surface area contributed by atoms with Crippen molar-refractivity contribution in [2.24, 2.45) is 0 Å². The molecule has 0 saturated heterocycles. The average Bonchev–Trinajstić information content (AvgIpc) is 2.48. The van der Waals surface area contributed by atoms with Gasteiger partial charge in [-0.1, -0.05) is 30.3 Å². The minimum absolute atomic E-state index is 0.266. The quantitative estimate of drug-likeness (QED) is 0.732. The average molecular weight is 267 g/mol. The standard InChI is InChI=1S/C15H13N3O2/c16-12-6-7-14-13(8-12)15(19)18(10-17-14)20-9-11-4-2-1-3-5-11/h1-8,10H,9,16H2. The summed E-state index contributed by atoms with van der Waals surface area (Å²) in [6.07, 6.45) is 1.38. The highest BCUT2D eigenvalue weighted by Gasteiger charge is 2.05. The van der Waals surface area contributed by atoms with Crippen LogP contribution in [0, 0.1) is 0 Å². The van der Waals surface area contributed by atoms with Gasteiger partial charge in [0.05, 0.1) is 10.9 Å². The zero-order chi connectivity index (χ0) is 13.9. The smallest absolute Gasteiger partial charge is 0.293 e. The maximum Gasteiger partial charge on any atom is 0.293 e. The van der Waals surface area contributed by atoms with Gasteiger partial charge in [-0.25, -0.2) is 4.98 Å². The summed E-state index contributed by atoms with van der Waals surface area (Å²) >= 11 is 0. The van der Waals surface area contributed by atoms with Crippen LogP contribution in [0.5, 0.6) is 0 Å². The van der Waals surface area contributed by atoms with Crippen molar-refractivity contribution in [1.82, 2.24) is 9.71 Å². The Morgan fingerprint density at radius 3 is 2.75 bits per heavy atom. The molecule has 0 amide bonds. The van der Waals surface area contributed by atoms with Gasteiger partial charge in [0.1, 0.15) is 12.9 Å². The lowest BCUT2D eigenvalue weighted by molar-refractivity contribution is 0.0880. The molecule has 2 aromatic carbocycles. The molecule has 0 atom stereocenters. The molecule has 0 radical (unpaired) electrons. The highest BCUT2D eigenvalue weighted by molar-refractivity contribution is 5.80. The molecule has 3 aromatic rings. The van der Waals surface area contributed by atoms with Crippen molar-refractivity contribution >= 4 is 16.6 Å². The van der Waals surface area contributed by atoms with Gasteiger partial charge < -0.3 is 10.6 Å². The Balaban J connectivity index is 1.92. The van der Waals surface area contributed by atoms with E-state index < -0.39 is 0 Å². The third-order valence-corrected chi connectivity index (χ3v) is 2.97. The van der Waals surface area contributed by atoms with E-state index in [1.54, 1.807) is 18.2 Å². The van der Waals surface area contributed by atoms with Gasteiger partial charge in [-0.3, -0.25) is 4.79 Å². The number of fused-ring (bicyclic) bond motifs is 1. The van der Waals surface area contributed by atoms with Crippen molar-refractivity contribution in [3.63, 3.8) is 0 Å². The van der Waals surface area contributed by atoms with Gasteiger partial charge in [-0.05, 0) is 23.8 Å². The van der Waals surface area contributed by atoms with E-state index in [0.29, 0.717) is 23.2 Å². The fraction of sp³-hybridized carbons (Fsp3) is 0.0667. The van der Waals surface area contributed by atoms with Crippen LogP contribution >= 0.6 is 0 Å². The van der Waals surface area contributed by atoms with Crippen LogP contribution in [0.25, 0.3) is 10.9 Å². The van der Waals surface area contributed by atoms with E-state index in [9.17, 15) is 4.79 Å². The molecule has 5 nitrogen and oxygen atoms in total. The van der Waals surface area contributed by atoms with Gasteiger partial charge in [-0.15, -0.1) is 4.73 Å². The highest BCUT2D eigenvalue weighted by atomic mass is 16.7. The molecule has 0 aliphatic carbocycles. The Bertz CT molecular complexity index is 797. The van der Waals surface area contributed by atoms with Crippen molar-refractivity contribution in [3.8, 4) is 0 Å². The molecular formula is C15H13N3O2. The zero-order valence-corrected chi connectivity index (χ0v) is 10.7. The van der Waals surface area contributed by atoms with Crippen LogP contribution in [0.15, 0.2) is 59.7 Å².